The van der Waals surface area contributed by atoms with Crippen LogP contribution in [-0.2, 0) is 0 Å². The molecule has 11 aromatic carbocycles. The van der Waals surface area contributed by atoms with Gasteiger partial charge in [-0.1, -0.05) is 188 Å². The largest absolute Gasteiger partial charge is 0.135 e. The summed E-state index contributed by atoms with van der Waals surface area (Å²) in [6.45, 7) is 0. The van der Waals surface area contributed by atoms with Gasteiger partial charge in [0.2, 0.25) is 0 Å². The zero-order chi connectivity index (χ0) is 38.9. The van der Waals surface area contributed by atoms with Crippen LogP contribution in [0.1, 0.15) is 0 Å². The maximum atomic E-state index is 2.46. The molecule has 0 radical (unpaired) electrons. The van der Waals surface area contributed by atoms with Gasteiger partial charge in [-0.15, -0.1) is 11.3 Å². The predicted octanol–water partition coefficient (Wildman–Crippen LogP) is 17.0. The summed E-state index contributed by atoms with van der Waals surface area (Å²) < 4.78 is 0. The minimum Gasteiger partial charge on any atom is -0.135 e. The Kier molecular flexibility index (Phi) is 7.82. The molecule has 0 nitrogen and oxygen atoms in total. The Labute approximate surface area is 346 Å². The van der Waals surface area contributed by atoms with Gasteiger partial charge in [-0.25, -0.2) is 0 Å². The molecule has 0 fully saturated rings. The summed E-state index contributed by atoms with van der Waals surface area (Å²) in [4.78, 5) is 2.53. The first kappa shape index (κ1) is 33.8. The molecule has 0 spiro atoms. The Balaban J connectivity index is 1.10. The lowest BCUT2D eigenvalue weighted by molar-refractivity contribution is 1.67. The second-order valence-corrected chi connectivity index (χ2v) is 16.6. The Bertz CT molecular complexity index is 3550. The van der Waals surface area contributed by atoms with Crippen molar-refractivity contribution in [2.24, 2.45) is 0 Å². The van der Waals surface area contributed by atoms with E-state index in [4.69, 9.17) is 0 Å². The van der Waals surface area contributed by atoms with Gasteiger partial charge in [-0.05, 0) is 134 Å². The molecular weight excluding hydrogens is 729 g/mol. The Morgan fingerprint density at radius 1 is 0.203 bits per heavy atom. The molecule has 274 valence electrons. The average Bonchev–Trinajstić information content (AvgIpc) is 3.79. The SMILES string of the molecule is c1ccc(-c2c3ccccc3c(-c3ccc(-c4ccc5c(-c6ccc7ccccc7c6)c6ccccc6c(-c6ccc7ccccc7c6)c5c4)s3)c3ccccc23)cc1. The van der Waals surface area contributed by atoms with Gasteiger partial charge in [0.25, 0.3) is 0 Å². The van der Waals surface area contributed by atoms with Crippen LogP contribution in [0.4, 0.5) is 0 Å². The van der Waals surface area contributed by atoms with E-state index < -0.39 is 0 Å². The van der Waals surface area contributed by atoms with Crippen LogP contribution in [0.25, 0.3) is 119 Å². The highest BCUT2D eigenvalue weighted by Gasteiger charge is 2.21. The molecule has 12 aromatic rings. The standard InChI is InChI=1S/C58H36S/c1-2-16-39(17-3-1)55-47-22-10-12-24-49(47)58(50-25-13-11-23-48(50)55)54-33-32-53(59-54)42-30-31-51-52(36-42)57(44-29-27-38-15-5-7-19-41(38)35-44)46-21-9-8-20-45(46)56(51)43-28-26-37-14-4-6-18-40(37)34-43/h1-36H. The average molecular weight is 765 g/mol. The van der Waals surface area contributed by atoms with E-state index in [0.717, 1.165) is 0 Å². The minimum absolute atomic E-state index is 1.23. The second-order valence-electron chi connectivity index (χ2n) is 15.6. The first-order valence-electron chi connectivity index (χ1n) is 20.3. The smallest absolute Gasteiger partial charge is 0.0361 e. The van der Waals surface area contributed by atoms with Crippen molar-refractivity contribution in [3.05, 3.63) is 218 Å². The van der Waals surface area contributed by atoms with Gasteiger partial charge < -0.3 is 0 Å². The molecule has 1 heteroatoms. The molecule has 0 saturated heterocycles. The van der Waals surface area contributed by atoms with E-state index in [2.05, 4.69) is 218 Å². The molecule has 1 aromatic heterocycles. The molecule has 0 aliphatic carbocycles. The topological polar surface area (TPSA) is 0 Å². The van der Waals surface area contributed by atoms with E-state index >= 15 is 0 Å². The summed E-state index contributed by atoms with van der Waals surface area (Å²) in [5, 5.41) is 15.2. The summed E-state index contributed by atoms with van der Waals surface area (Å²) in [5.74, 6) is 0. The zero-order valence-electron chi connectivity index (χ0n) is 32.2. The van der Waals surface area contributed by atoms with Gasteiger partial charge >= 0.3 is 0 Å². The minimum atomic E-state index is 1.23. The van der Waals surface area contributed by atoms with Crippen LogP contribution >= 0.6 is 11.3 Å². The van der Waals surface area contributed by atoms with E-state index in [1.54, 1.807) is 0 Å². The van der Waals surface area contributed by atoms with Gasteiger partial charge in [0, 0.05) is 15.3 Å². The van der Waals surface area contributed by atoms with Crippen LogP contribution in [-0.4, -0.2) is 0 Å². The first-order valence-corrected chi connectivity index (χ1v) is 21.1. The van der Waals surface area contributed by atoms with Crippen molar-refractivity contribution in [2.75, 3.05) is 0 Å². The van der Waals surface area contributed by atoms with Gasteiger partial charge in [0.1, 0.15) is 0 Å². The van der Waals surface area contributed by atoms with Crippen molar-refractivity contribution >= 4 is 76.0 Å². The lowest BCUT2D eigenvalue weighted by Gasteiger charge is -2.19. The third kappa shape index (κ3) is 5.51. The molecule has 0 unspecified atom stereocenters. The lowest BCUT2D eigenvalue weighted by atomic mass is 9.84. The monoisotopic (exact) mass is 764 g/mol. The van der Waals surface area contributed by atoms with Crippen LogP contribution in [0, 0.1) is 0 Å². The summed E-state index contributed by atoms with van der Waals surface area (Å²) in [6, 6.07) is 80.8. The van der Waals surface area contributed by atoms with Crippen molar-refractivity contribution < 1.29 is 0 Å². The fraction of sp³-hybridized carbons (Fsp3) is 0. The van der Waals surface area contributed by atoms with Crippen LogP contribution < -0.4 is 0 Å². The summed E-state index contributed by atoms with van der Waals surface area (Å²) in [7, 11) is 0. The highest BCUT2D eigenvalue weighted by atomic mass is 32.1. The van der Waals surface area contributed by atoms with E-state index in [-0.39, 0.29) is 0 Å². The summed E-state index contributed by atoms with van der Waals surface area (Å²) >= 11 is 1.89. The van der Waals surface area contributed by atoms with Crippen molar-refractivity contribution in [2.45, 2.75) is 0 Å². The Morgan fingerprint density at radius 3 is 1.14 bits per heavy atom. The molecule has 0 atom stereocenters. The highest BCUT2D eigenvalue weighted by Crippen LogP contribution is 2.49. The molecular formula is C58H36S. The highest BCUT2D eigenvalue weighted by molar-refractivity contribution is 7.19. The van der Waals surface area contributed by atoms with Gasteiger partial charge in [0.05, 0.1) is 0 Å². The number of rotatable bonds is 5. The van der Waals surface area contributed by atoms with Crippen LogP contribution in [0.3, 0.4) is 0 Å². The van der Waals surface area contributed by atoms with Crippen molar-refractivity contribution in [3.8, 4) is 54.3 Å². The van der Waals surface area contributed by atoms with Crippen molar-refractivity contribution in [3.63, 3.8) is 0 Å². The van der Waals surface area contributed by atoms with Gasteiger partial charge in [-0.3, -0.25) is 0 Å². The van der Waals surface area contributed by atoms with E-state index in [1.165, 1.54) is 119 Å². The zero-order valence-corrected chi connectivity index (χ0v) is 33.0. The number of thiophene rings is 1. The Hall–Kier alpha value is -7.32. The maximum absolute atomic E-state index is 2.46. The molecule has 0 aliphatic heterocycles. The maximum Gasteiger partial charge on any atom is 0.0361 e. The molecule has 0 amide bonds. The first-order chi connectivity index (χ1) is 29.3. The van der Waals surface area contributed by atoms with Gasteiger partial charge in [0.15, 0.2) is 0 Å². The summed E-state index contributed by atoms with van der Waals surface area (Å²) in [6.07, 6.45) is 0. The number of hydrogen-bond acceptors (Lipinski definition) is 1. The quantitative estimate of drug-likeness (QED) is 0.153. The van der Waals surface area contributed by atoms with Gasteiger partial charge in [-0.2, -0.15) is 0 Å². The number of hydrogen-bond donors (Lipinski definition) is 0. The van der Waals surface area contributed by atoms with Crippen LogP contribution in [0.5, 0.6) is 0 Å². The Morgan fingerprint density at radius 2 is 0.593 bits per heavy atom. The fourth-order valence-electron chi connectivity index (χ4n) is 9.58. The second kappa shape index (κ2) is 13.7. The normalized spacial score (nSPS) is 11.7. The molecule has 0 N–H and O–H groups in total. The van der Waals surface area contributed by atoms with Crippen molar-refractivity contribution in [1.29, 1.82) is 0 Å². The number of benzene rings is 11. The van der Waals surface area contributed by atoms with E-state index in [9.17, 15) is 0 Å². The molecule has 12 rings (SSSR count). The molecule has 59 heavy (non-hydrogen) atoms. The van der Waals surface area contributed by atoms with Crippen LogP contribution in [0.2, 0.25) is 0 Å². The molecule has 0 bridgehead atoms. The fourth-order valence-corrected chi connectivity index (χ4v) is 10.7. The van der Waals surface area contributed by atoms with E-state index in [1.807, 2.05) is 11.3 Å². The molecule has 1 heterocycles. The molecule has 0 saturated carbocycles. The van der Waals surface area contributed by atoms with Crippen molar-refractivity contribution in [1.82, 2.24) is 0 Å². The van der Waals surface area contributed by atoms with E-state index in [0.29, 0.717) is 0 Å². The predicted molar refractivity (Wildman–Crippen MR) is 257 cm³/mol. The number of fused-ring (bicyclic) bond motifs is 6. The lowest BCUT2D eigenvalue weighted by Crippen LogP contribution is -1.92. The third-order valence-corrected chi connectivity index (χ3v) is 13.4. The molecule has 0 aliphatic rings. The summed E-state index contributed by atoms with van der Waals surface area (Å²) in [5.41, 5.74) is 10.1. The van der Waals surface area contributed by atoms with Crippen LogP contribution in [0.15, 0.2) is 218 Å². The third-order valence-electron chi connectivity index (χ3n) is 12.2.